The lowest BCUT2D eigenvalue weighted by atomic mass is 10.3. The molecular weight excluding hydrogens is 403 g/mol. The molecule has 0 N–H and O–H groups in total. The van der Waals surface area contributed by atoms with E-state index in [1.807, 2.05) is 36.4 Å². The first-order valence-corrected chi connectivity index (χ1v) is 15.0. The van der Waals surface area contributed by atoms with Gasteiger partial charge in [-0.15, -0.1) is 0 Å². The van der Waals surface area contributed by atoms with Crippen LogP contribution in [0, 0.1) is 0 Å². The van der Waals surface area contributed by atoms with Gasteiger partial charge in [-0.1, -0.05) is 81.1 Å². The SMILES string of the molecule is CCC(C)O[Si](O[SiH2]C)(OC(C)CC)OP(c1ccccc1)c1ccccc1. The third kappa shape index (κ3) is 6.88. The average molecular weight is 437 g/mol. The topological polar surface area (TPSA) is 36.9 Å². The van der Waals surface area contributed by atoms with Gasteiger partial charge in [0.1, 0.15) is 0 Å². The highest BCUT2D eigenvalue weighted by atomic mass is 31.1. The van der Waals surface area contributed by atoms with Gasteiger partial charge < -0.3 is 17.2 Å². The largest absolute Gasteiger partial charge is 0.672 e. The predicted octanol–water partition coefficient (Wildman–Crippen LogP) is 4.27. The third-order valence-electron chi connectivity index (χ3n) is 4.35. The van der Waals surface area contributed by atoms with E-state index in [0.29, 0.717) is 0 Å². The Morgan fingerprint density at radius 3 is 1.61 bits per heavy atom. The normalized spacial score (nSPS) is 16.4. The molecule has 2 rings (SSSR count). The summed E-state index contributed by atoms with van der Waals surface area (Å²) in [5.74, 6) is 0. The van der Waals surface area contributed by atoms with Crippen molar-refractivity contribution in [3.8, 4) is 0 Å². The van der Waals surface area contributed by atoms with Gasteiger partial charge >= 0.3 is 9.05 Å². The van der Waals surface area contributed by atoms with Gasteiger partial charge in [0.25, 0.3) is 0 Å². The van der Waals surface area contributed by atoms with Crippen molar-refractivity contribution in [1.82, 2.24) is 0 Å². The quantitative estimate of drug-likeness (QED) is 0.368. The van der Waals surface area contributed by atoms with Gasteiger partial charge in [-0.2, -0.15) is 0 Å². The van der Waals surface area contributed by atoms with E-state index in [-0.39, 0.29) is 12.2 Å². The van der Waals surface area contributed by atoms with Crippen LogP contribution < -0.4 is 10.6 Å². The summed E-state index contributed by atoms with van der Waals surface area (Å²) in [4.78, 5) is 0. The maximum absolute atomic E-state index is 6.77. The minimum atomic E-state index is -3.30. The molecule has 2 atom stereocenters. The van der Waals surface area contributed by atoms with Gasteiger partial charge in [-0.05, 0) is 26.7 Å². The Morgan fingerprint density at radius 1 is 0.821 bits per heavy atom. The lowest BCUT2D eigenvalue weighted by Gasteiger charge is -2.35. The second-order valence-corrected chi connectivity index (χ2v) is 12.2. The first-order chi connectivity index (χ1) is 13.5. The highest BCUT2D eigenvalue weighted by molar-refractivity contribution is 7.69. The molecule has 0 heterocycles. The molecule has 0 spiro atoms. The molecule has 0 aromatic heterocycles. The van der Waals surface area contributed by atoms with Crippen molar-refractivity contribution < 1.29 is 17.2 Å². The zero-order valence-electron chi connectivity index (χ0n) is 17.6. The molecule has 0 saturated carbocycles. The summed E-state index contributed by atoms with van der Waals surface area (Å²) < 4.78 is 25.8. The van der Waals surface area contributed by atoms with Crippen molar-refractivity contribution >= 4 is 37.6 Å². The minimum Gasteiger partial charge on any atom is -0.400 e. The number of rotatable bonds is 12. The molecule has 0 radical (unpaired) electrons. The molecule has 0 aliphatic carbocycles. The Balaban J connectivity index is 2.45. The van der Waals surface area contributed by atoms with Crippen LogP contribution in [0.15, 0.2) is 60.7 Å². The van der Waals surface area contributed by atoms with Crippen molar-refractivity contribution in [1.29, 1.82) is 0 Å². The van der Waals surface area contributed by atoms with Gasteiger partial charge in [-0.25, -0.2) is 0 Å². The Morgan fingerprint density at radius 2 is 1.25 bits per heavy atom. The lowest BCUT2D eigenvalue weighted by Crippen LogP contribution is -2.53. The van der Waals surface area contributed by atoms with E-state index in [1.54, 1.807) is 0 Å². The molecule has 0 amide bonds. The molecular formula is C21H33O4PSi2. The van der Waals surface area contributed by atoms with Crippen LogP contribution in [0.1, 0.15) is 40.5 Å². The fraction of sp³-hybridized carbons (Fsp3) is 0.429. The van der Waals surface area contributed by atoms with Crippen molar-refractivity contribution in [3.05, 3.63) is 60.7 Å². The van der Waals surface area contributed by atoms with Crippen LogP contribution in [-0.2, 0) is 17.2 Å². The fourth-order valence-corrected chi connectivity index (χ4v) is 9.78. The van der Waals surface area contributed by atoms with E-state index in [4.69, 9.17) is 17.2 Å². The second-order valence-electron chi connectivity index (χ2n) is 6.66. The Bertz CT molecular complexity index is 623. The highest BCUT2D eigenvalue weighted by Crippen LogP contribution is 2.40. The number of hydrogen-bond acceptors (Lipinski definition) is 4. The Kier molecular flexibility index (Phi) is 10.0. The zero-order valence-corrected chi connectivity index (χ0v) is 20.9. The standard InChI is InChI=1S/C21H33O4PSi2/c1-6-18(3)22-28(25-27-5,23-19(4)7-2)24-26(20-14-10-8-11-15-20)21-16-12-9-13-17-21/h8-19H,6-7,27H2,1-5H3. The van der Waals surface area contributed by atoms with Crippen molar-refractivity contribution in [2.24, 2.45) is 0 Å². The predicted molar refractivity (Wildman–Crippen MR) is 123 cm³/mol. The van der Waals surface area contributed by atoms with Crippen molar-refractivity contribution in [2.75, 3.05) is 0 Å². The van der Waals surface area contributed by atoms with Crippen LogP contribution in [0.2, 0.25) is 6.55 Å². The lowest BCUT2D eigenvalue weighted by molar-refractivity contribution is -0.00559. The molecule has 0 aliphatic rings. The van der Waals surface area contributed by atoms with Crippen LogP contribution in [-0.4, -0.2) is 31.0 Å². The van der Waals surface area contributed by atoms with Gasteiger partial charge in [0.2, 0.25) is 0 Å². The monoisotopic (exact) mass is 436 g/mol. The average Bonchev–Trinajstić information content (AvgIpc) is 2.73. The van der Waals surface area contributed by atoms with Gasteiger partial charge in [0, 0.05) is 22.8 Å². The minimum absolute atomic E-state index is 0.0136. The highest BCUT2D eigenvalue weighted by Gasteiger charge is 2.50. The molecule has 0 fully saturated rings. The van der Waals surface area contributed by atoms with Crippen LogP contribution in [0.3, 0.4) is 0 Å². The molecule has 28 heavy (non-hydrogen) atoms. The fourth-order valence-electron chi connectivity index (χ4n) is 2.49. The summed E-state index contributed by atoms with van der Waals surface area (Å²) in [6.45, 7) is 10.4. The number of hydrogen-bond donors (Lipinski definition) is 0. The van der Waals surface area contributed by atoms with E-state index in [2.05, 4.69) is 58.5 Å². The first-order valence-electron chi connectivity index (χ1n) is 10.1. The molecule has 2 unspecified atom stereocenters. The zero-order chi connectivity index (χ0) is 20.4. The van der Waals surface area contributed by atoms with Crippen LogP contribution in [0.4, 0.5) is 0 Å². The van der Waals surface area contributed by atoms with E-state index in [9.17, 15) is 0 Å². The molecule has 0 saturated heterocycles. The molecule has 0 bridgehead atoms. The van der Waals surface area contributed by atoms with E-state index < -0.39 is 27.0 Å². The molecule has 0 aliphatic heterocycles. The maximum atomic E-state index is 6.77. The summed E-state index contributed by atoms with van der Waals surface area (Å²) in [5.41, 5.74) is 0. The summed E-state index contributed by atoms with van der Waals surface area (Å²) in [5, 5.41) is 2.25. The van der Waals surface area contributed by atoms with E-state index >= 15 is 0 Å². The van der Waals surface area contributed by atoms with Gasteiger partial charge in [0.15, 0.2) is 9.76 Å². The molecule has 7 heteroatoms. The van der Waals surface area contributed by atoms with Crippen LogP contribution in [0.25, 0.3) is 0 Å². The smallest absolute Gasteiger partial charge is 0.400 e. The summed E-state index contributed by atoms with van der Waals surface area (Å²) in [6.07, 6.45) is 1.79. The first kappa shape index (κ1) is 23.4. The Hall–Kier alpha value is -0.856. The van der Waals surface area contributed by atoms with Crippen molar-refractivity contribution in [3.63, 3.8) is 0 Å². The summed E-state index contributed by atoms with van der Waals surface area (Å²) in [6, 6.07) is 20.6. The second kappa shape index (κ2) is 12.0. The molecule has 154 valence electrons. The van der Waals surface area contributed by atoms with E-state index in [1.165, 1.54) is 0 Å². The molecule has 2 aromatic carbocycles. The van der Waals surface area contributed by atoms with Crippen molar-refractivity contribution in [2.45, 2.75) is 59.3 Å². The van der Waals surface area contributed by atoms with Crippen LogP contribution >= 0.6 is 8.15 Å². The Labute approximate surface area is 174 Å². The molecule has 2 aromatic rings. The van der Waals surface area contributed by atoms with Gasteiger partial charge in [-0.3, -0.25) is 0 Å². The summed E-state index contributed by atoms with van der Waals surface area (Å²) >= 11 is 0. The summed E-state index contributed by atoms with van der Waals surface area (Å²) in [7, 11) is -5.21. The van der Waals surface area contributed by atoms with Gasteiger partial charge in [0.05, 0.1) is 8.15 Å². The third-order valence-corrected chi connectivity index (χ3v) is 11.5. The van der Waals surface area contributed by atoms with Crippen LogP contribution in [0.5, 0.6) is 0 Å². The maximum Gasteiger partial charge on any atom is 0.672 e. The molecule has 4 nitrogen and oxygen atoms in total. The number of benzene rings is 2. The van der Waals surface area contributed by atoms with E-state index in [0.717, 1.165) is 23.5 Å².